The van der Waals surface area contributed by atoms with Crippen LogP contribution in [-0.4, -0.2) is 50.1 Å². The summed E-state index contributed by atoms with van der Waals surface area (Å²) in [5.74, 6) is -1.01. The first-order chi connectivity index (χ1) is 15.5. The number of hydrogen-bond acceptors (Lipinski definition) is 6. The third kappa shape index (κ3) is 3.69. The van der Waals surface area contributed by atoms with Crippen LogP contribution in [0.25, 0.3) is 5.52 Å². The van der Waals surface area contributed by atoms with E-state index in [1.54, 1.807) is 17.1 Å². The highest BCUT2D eigenvalue weighted by Gasteiger charge is 2.16. The molecule has 0 bridgehead atoms. The zero-order valence-electron chi connectivity index (χ0n) is 17.0. The van der Waals surface area contributed by atoms with Crippen molar-refractivity contribution in [3.63, 3.8) is 0 Å². The molecule has 1 aliphatic rings. The van der Waals surface area contributed by atoms with Crippen LogP contribution < -0.4 is 10.2 Å². The molecule has 0 fully saturated rings. The molecular weight excluding hydrogens is 435 g/mol. The highest BCUT2D eigenvalue weighted by Crippen LogP contribution is 2.31. The fraction of sp³-hybridized carbons (Fsp3) is 0.190. The van der Waals surface area contributed by atoms with Gasteiger partial charge in [-0.3, -0.25) is 9.79 Å². The molecule has 5 rings (SSSR count). The van der Waals surface area contributed by atoms with Gasteiger partial charge in [-0.1, -0.05) is 22.9 Å². The molecule has 4 aromatic rings. The summed E-state index contributed by atoms with van der Waals surface area (Å²) in [6.45, 7) is 1.24. The molecule has 0 unspecified atom stereocenters. The predicted molar refractivity (Wildman–Crippen MR) is 118 cm³/mol. The lowest BCUT2D eigenvalue weighted by Gasteiger charge is -2.23. The molecule has 0 aliphatic carbocycles. The van der Waals surface area contributed by atoms with Crippen molar-refractivity contribution >= 4 is 40.6 Å². The number of anilines is 1. The fourth-order valence-electron chi connectivity index (χ4n) is 3.58. The van der Waals surface area contributed by atoms with E-state index in [1.165, 1.54) is 16.8 Å². The average Bonchev–Trinajstić information content (AvgIpc) is 3.43. The van der Waals surface area contributed by atoms with E-state index in [0.29, 0.717) is 12.2 Å². The van der Waals surface area contributed by atoms with Crippen LogP contribution in [-0.2, 0) is 13.1 Å². The van der Waals surface area contributed by atoms with Crippen molar-refractivity contribution < 1.29 is 9.18 Å². The summed E-state index contributed by atoms with van der Waals surface area (Å²) in [6, 6.07) is 7.43. The molecule has 1 N–H and O–H groups in total. The van der Waals surface area contributed by atoms with Crippen LogP contribution in [0.15, 0.2) is 48.0 Å². The zero-order valence-corrected chi connectivity index (χ0v) is 17.8. The summed E-state index contributed by atoms with van der Waals surface area (Å²) in [4.78, 5) is 23.2. The number of hydrogen-bond donors (Lipinski definition) is 1. The Bertz CT molecular complexity index is 1360. The predicted octanol–water partition coefficient (Wildman–Crippen LogP) is 2.85. The Balaban J connectivity index is 1.27. The monoisotopic (exact) mass is 452 g/mol. The summed E-state index contributed by atoms with van der Waals surface area (Å²) in [5, 5.41) is 10.7. The van der Waals surface area contributed by atoms with Crippen molar-refractivity contribution in [2.75, 3.05) is 18.5 Å². The van der Waals surface area contributed by atoms with Gasteiger partial charge in [0, 0.05) is 19.5 Å². The summed E-state index contributed by atoms with van der Waals surface area (Å²) in [6.07, 6.45) is 6.52. The van der Waals surface area contributed by atoms with Gasteiger partial charge < -0.3 is 14.6 Å². The van der Waals surface area contributed by atoms with Crippen molar-refractivity contribution in [3.05, 3.63) is 70.8 Å². The summed E-state index contributed by atoms with van der Waals surface area (Å²) < 4.78 is 17.4. The molecule has 9 nitrogen and oxygen atoms in total. The van der Waals surface area contributed by atoms with Crippen LogP contribution in [0.3, 0.4) is 0 Å². The van der Waals surface area contributed by atoms with Crippen LogP contribution in [0.4, 0.5) is 15.8 Å². The van der Waals surface area contributed by atoms with Crippen molar-refractivity contribution in [1.29, 1.82) is 0 Å². The van der Waals surface area contributed by atoms with Gasteiger partial charge in [0.1, 0.15) is 5.52 Å². The smallest absolute Gasteiger partial charge is 0.273 e. The fourth-order valence-corrected chi connectivity index (χ4v) is 3.72. The van der Waals surface area contributed by atoms with Gasteiger partial charge in [-0.25, -0.2) is 14.1 Å². The minimum Gasteiger partial charge on any atom is -0.368 e. The molecule has 0 radical (unpaired) electrons. The normalized spacial score (nSPS) is 12.9. The summed E-state index contributed by atoms with van der Waals surface area (Å²) in [7, 11) is 2.01. The summed E-state index contributed by atoms with van der Waals surface area (Å²) in [5.41, 5.74) is 3.73. The van der Waals surface area contributed by atoms with E-state index in [4.69, 9.17) is 11.6 Å². The number of carbonyl (C=O) groups excluding carboxylic acids is 1. The molecule has 1 aromatic carbocycles. The second-order valence-electron chi connectivity index (χ2n) is 7.42. The standard InChI is InChI=1S/C21H18ClFN8O/c1-29-7-5-24-15-3-2-13(8-18(15)29)10-31-11-17(27-28-31)21(32)25-9-16-20-19(23)14(22)4-6-30(20)12-26-16/h2-6,8,11-12H,7,9-10H2,1H3,(H,25,32). The lowest BCUT2D eigenvalue weighted by molar-refractivity contribution is 0.0945. The number of aliphatic imine (C=N–C) groups is 1. The van der Waals surface area contributed by atoms with Gasteiger partial charge in [-0.15, -0.1) is 5.10 Å². The molecule has 0 atom stereocenters. The molecule has 3 aromatic heterocycles. The number of pyridine rings is 1. The zero-order chi connectivity index (χ0) is 22.2. The number of nitrogens with zero attached hydrogens (tertiary/aromatic N) is 7. The molecule has 162 valence electrons. The maximum Gasteiger partial charge on any atom is 0.273 e. The van der Waals surface area contributed by atoms with E-state index in [-0.39, 0.29) is 22.8 Å². The van der Waals surface area contributed by atoms with E-state index in [1.807, 2.05) is 25.4 Å². The van der Waals surface area contributed by atoms with Gasteiger partial charge in [-0.05, 0) is 23.8 Å². The van der Waals surface area contributed by atoms with Gasteiger partial charge in [0.05, 0.1) is 54.2 Å². The quantitative estimate of drug-likeness (QED) is 0.502. The lowest BCUT2D eigenvalue weighted by atomic mass is 10.1. The molecule has 1 aliphatic heterocycles. The maximum atomic E-state index is 14.3. The topological polar surface area (TPSA) is 92.7 Å². The van der Waals surface area contributed by atoms with Crippen molar-refractivity contribution in [3.8, 4) is 0 Å². The third-order valence-electron chi connectivity index (χ3n) is 5.24. The molecule has 1 amide bonds. The van der Waals surface area contributed by atoms with E-state index >= 15 is 0 Å². The lowest BCUT2D eigenvalue weighted by Crippen LogP contribution is -2.23. The van der Waals surface area contributed by atoms with Crippen molar-refractivity contribution in [2.24, 2.45) is 4.99 Å². The van der Waals surface area contributed by atoms with Gasteiger partial charge in [0.2, 0.25) is 0 Å². The molecule has 4 heterocycles. The molecule has 0 saturated carbocycles. The first-order valence-corrected chi connectivity index (χ1v) is 10.2. The number of amides is 1. The number of benzene rings is 1. The van der Waals surface area contributed by atoms with Crippen LogP contribution in [0, 0.1) is 5.82 Å². The molecule has 32 heavy (non-hydrogen) atoms. The number of carbonyl (C=O) groups is 1. The van der Waals surface area contributed by atoms with Crippen molar-refractivity contribution in [1.82, 2.24) is 29.7 Å². The molecule has 0 spiro atoms. The third-order valence-corrected chi connectivity index (χ3v) is 5.53. The number of fused-ring (bicyclic) bond motifs is 2. The van der Waals surface area contributed by atoms with Crippen molar-refractivity contribution in [2.45, 2.75) is 13.1 Å². The summed E-state index contributed by atoms with van der Waals surface area (Å²) >= 11 is 5.86. The first-order valence-electron chi connectivity index (χ1n) is 9.84. The highest BCUT2D eigenvalue weighted by molar-refractivity contribution is 6.31. The minimum absolute atomic E-state index is 0.00584. The van der Waals surface area contributed by atoms with Gasteiger partial charge >= 0.3 is 0 Å². The van der Waals surface area contributed by atoms with E-state index in [9.17, 15) is 9.18 Å². The van der Waals surface area contributed by atoms with Crippen LogP contribution in [0.1, 0.15) is 21.7 Å². The Morgan fingerprint density at radius 3 is 3.06 bits per heavy atom. The maximum absolute atomic E-state index is 14.3. The van der Waals surface area contributed by atoms with Gasteiger partial charge in [0.15, 0.2) is 11.5 Å². The van der Waals surface area contributed by atoms with Gasteiger partial charge in [-0.2, -0.15) is 0 Å². The minimum atomic E-state index is -0.580. The Morgan fingerprint density at radius 1 is 1.31 bits per heavy atom. The van der Waals surface area contributed by atoms with E-state index in [2.05, 4.69) is 36.6 Å². The van der Waals surface area contributed by atoms with Crippen LogP contribution in [0.2, 0.25) is 5.02 Å². The number of imidazole rings is 1. The number of aromatic nitrogens is 5. The Hall–Kier alpha value is -3.79. The molecule has 11 heteroatoms. The number of halogens is 2. The Labute approximate surface area is 187 Å². The highest BCUT2D eigenvalue weighted by atomic mass is 35.5. The van der Waals surface area contributed by atoms with E-state index in [0.717, 1.165) is 23.5 Å². The number of rotatable bonds is 5. The second kappa shape index (κ2) is 8.04. The Morgan fingerprint density at radius 2 is 2.19 bits per heavy atom. The Kier molecular flexibility index (Phi) is 5.06. The average molecular weight is 453 g/mol. The second-order valence-corrected chi connectivity index (χ2v) is 7.83. The largest absolute Gasteiger partial charge is 0.368 e. The molecular formula is C21H18ClFN8O. The SMILES string of the molecule is CN1CC=Nc2ccc(Cn3cc(C(=O)NCc4ncn5ccc(Cl)c(F)c45)nn3)cc21. The van der Waals surface area contributed by atoms with Crippen LogP contribution >= 0.6 is 11.6 Å². The van der Waals surface area contributed by atoms with E-state index < -0.39 is 11.7 Å². The first kappa shape index (κ1) is 20.1. The number of nitrogens with one attached hydrogen (secondary N) is 1. The molecule has 0 saturated heterocycles. The van der Waals surface area contributed by atoms with Gasteiger partial charge in [0.25, 0.3) is 5.91 Å². The van der Waals surface area contributed by atoms with Crippen LogP contribution in [0.5, 0.6) is 0 Å².